The molecule has 3 nitrogen and oxygen atoms in total. The fourth-order valence-electron chi connectivity index (χ4n) is 0.513. The third-order valence-corrected chi connectivity index (χ3v) is 0.903. The normalized spacial score (nSPS) is 9.31. The molecule has 0 aliphatic rings. The number of hydrogen-bond donors (Lipinski definition) is 0. The average Bonchev–Trinajstić information content (AvgIpc) is 2.03. The first-order valence-electron chi connectivity index (χ1n) is 3.28. The molecule has 1 rings (SSSR count). The summed E-state index contributed by atoms with van der Waals surface area (Å²) in [5, 5.41) is 8.29. The quantitative estimate of drug-likeness (QED) is 0.622. The lowest BCUT2D eigenvalue weighted by Gasteiger charge is -1.80. The van der Waals surface area contributed by atoms with Crippen LogP contribution in [0.4, 0.5) is 0 Å². The Hall–Kier alpha value is -1.05. The van der Waals surface area contributed by atoms with Crippen molar-refractivity contribution in [3.8, 4) is 6.07 Å². The molecule has 0 aromatic heterocycles. The molecule has 0 amide bonds. The van der Waals surface area contributed by atoms with E-state index in [1.165, 1.54) is 0 Å². The smallest absolute Gasteiger partial charge is 0.213 e. The molecule has 0 atom stereocenters. The first-order chi connectivity index (χ1) is 5.93. The van der Waals surface area contributed by atoms with Crippen LogP contribution < -0.4 is 0 Å². The van der Waals surface area contributed by atoms with Crippen LogP contribution in [0.5, 0.6) is 0 Å². The van der Waals surface area contributed by atoms with Gasteiger partial charge in [0.05, 0.1) is 17.9 Å². The van der Waals surface area contributed by atoms with Crippen LogP contribution in [-0.2, 0) is 9.05 Å². The van der Waals surface area contributed by atoms with Gasteiger partial charge in [0.25, 0.3) is 0 Å². The molecule has 1 aromatic rings. The van der Waals surface area contributed by atoms with Gasteiger partial charge in [-0.1, -0.05) is 18.2 Å². The topological polar surface area (TPSA) is 57.9 Å². The van der Waals surface area contributed by atoms with Crippen molar-refractivity contribution >= 4 is 19.7 Å². The molecule has 0 N–H and O–H groups in total. The van der Waals surface area contributed by atoms with Crippen molar-refractivity contribution in [1.29, 1.82) is 5.26 Å². The molecule has 5 heteroatoms. The molecule has 0 saturated carbocycles. The largest absolute Gasteiger partial charge is 0.229 e. The maximum absolute atomic E-state index is 9.40. The van der Waals surface area contributed by atoms with Gasteiger partial charge in [0.2, 0.25) is 9.05 Å². The van der Waals surface area contributed by atoms with Gasteiger partial charge in [0.15, 0.2) is 0 Å². The maximum atomic E-state index is 9.40. The van der Waals surface area contributed by atoms with Gasteiger partial charge in [-0.2, -0.15) is 5.26 Å². The summed E-state index contributed by atoms with van der Waals surface area (Å²) < 4.78 is 18.8. The highest BCUT2D eigenvalue weighted by atomic mass is 35.7. The monoisotopic (exact) mass is 217 g/mol. The molecule has 0 fully saturated rings. The highest BCUT2D eigenvalue weighted by molar-refractivity contribution is 8.13. The molecule has 0 aliphatic carbocycles. The Kier molecular flexibility index (Phi) is 5.12. The minimum absolute atomic E-state index is 0.715. The predicted octanol–water partition coefficient (Wildman–Crippen LogP) is 1.74. The number of hydrogen-bond acceptors (Lipinski definition) is 3. The SMILES string of the molecule is CS(=O)(=O)Cl.N#Cc1ccccc1. The Labute approximate surface area is 82.0 Å². The van der Waals surface area contributed by atoms with E-state index in [1.54, 1.807) is 12.1 Å². The van der Waals surface area contributed by atoms with Crippen LogP contribution in [0.1, 0.15) is 5.56 Å². The first kappa shape index (κ1) is 11.9. The van der Waals surface area contributed by atoms with Gasteiger partial charge in [-0.05, 0) is 12.1 Å². The summed E-state index contributed by atoms with van der Waals surface area (Å²) in [6.45, 7) is 0. The third kappa shape index (κ3) is 10.9. The van der Waals surface area contributed by atoms with Crippen LogP contribution in [0, 0.1) is 11.3 Å². The van der Waals surface area contributed by atoms with E-state index in [0.29, 0.717) is 5.56 Å². The summed E-state index contributed by atoms with van der Waals surface area (Å²) in [5.41, 5.74) is 0.715. The zero-order chi connectivity index (χ0) is 10.3. The minimum Gasteiger partial charge on any atom is -0.213 e. The lowest BCUT2D eigenvalue weighted by molar-refractivity contribution is 0.615. The number of nitrogens with zero attached hydrogens (tertiary/aromatic N) is 1. The second kappa shape index (κ2) is 5.57. The Morgan fingerprint density at radius 1 is 1.31 bits per heavy atom. The van der Waals surface area contributed by atoms with Crippen molar-refractivity contribution in [3.05, 3.63) is 35.9 Å². The van der Waals surface area contributed by atoms with E-state index in [-0.39, 0.29) is 0 Å². The fourth-order valence-corrected chi connectivity index (χ4v) is 0.513. The van der Waals surface area contributed by atoms with Crippen molar-refractivity contribution in [3.63, 3.8) is 0 Å². The van der Waals surface area contributed by atoms with Crippen molar-refractivity contribution in [2.24, 2.45) is 0 Å². The molecule has 0 bridgehead atoms. The zero-order valence-electron chi connectivity index (χ0n) is 6.94. The van der Waals surface area contributed by atoms with Crippen LogP contribution >= 0.6 is 10.7 Å². The van der Waals surface area contributed by atoms with Crippen molar-refractivity contribution in [2.45, 2.75) is 0 Å². The van der Waals surface area contributed by atoms with Gasteiger partial charge in [0.1, 0.15) is 0 Å². The Morgan fingerprint density at radius 2 is 1.69 bits per heavy atom. The van der Waals surface area contributed by atoms with E-state index in [0.717, 1.165) is 6.26 Å². The number of rotatable bonds is 0. The van der Waals surface area contributed by atoms with Crippen LogP contribution in [0.2, 0.25) is 0 Å². The van der Waals surface area contributed by atoms with Crippen molar-refractivity contribution in [1.82, 2.24) is 0 Å². The van der Waals surface area contributed by atoms with E-state index in [1.807, 2.05) is 24.3 Å². The van der Waals surface area contributed by atoms with Crippen molar-refractivity contribution < 1.29 is 8.42 Å². The Morgan fingerprint density at radius 3 is 1.92 bits per heavy atom. The number of benzene rings is 1. The van der Waals surface area contributed by atoms with Gasteiger partial charge < -0.3 is 0 Å². The summed E-state index contributed by atoms with van der Waals surface area (Å²) in [6, 6.07) is 11.2. The molecular formula is C8H8ClNO2S. The highest BCUT2D eigenvalue weighted by Gasteiger charge is 1.83. The standard InChI is InChI=1S/C7H5N.CH3ClO2S/c8-6-7-4-2-1-3-5-7;1-5(2,3)4/h1-5H;1H3. The summed E-state index contributed by atoms with van der Waals surface area (Å²) >= 11 is 0. The molecule has 13 heavy (non-hydrogen) atoms. The van der Waals surface area contributed by atoms with E-state index >= 15 is 0 Å². The summed E-state index contributed by atoms with van der Waals surface area (Å²) in [5.74, 6) is 0. The summed E-state index contributed by atoms with van der Waals surface area (Å²) in [7, 11) is 1.31. The first-order valence-corrected chi connectivity index (χ1v) is 6.00. The van der Waals surface area contributed by atoms with Gasteiger partial charge in [0, 0.05) is 10.7 Å². The van der Waals surface area contributed by atoms with Gasteiger partial charge in [-0.3, -0.25) is 0 Å². The second-order valence-corrected chi connectivity index (χ2v) is 5.20. The second-order valence-electron chi connectivity index (χ2n) is 2.16. The molecule has 1 aromatic carbocycles. The highest BCUT2D eigenvalue weighted by Crippen LogP contribution is 1.93. The Balaban J connectivity index is 0.000000252. The molecule has 0 heterocycles. The van der Waals surface area contributed by atoms with E-state index in [9.17, 15) is 8.42 Å². The van der Waals surface area contributed by atoms with E-state index in [4.69, 9.17) is 5.26 Å². The lowest BCUT2D eigenvalue weighted by Crippen LogP contribution is -1.76. The molecule has 0 unspecified atom stereocenters. The van der Waals surface area contributed by atoms with E-state index < -0.39 is 9.05 Å². The molecule has 0 radical (unpaired) electrons. The van der Waals surface area contributed by atoms with E-state index in [2.05, 4.69) is 10.7 Å². The predicted molar refractivity (Wildman–Crippen MR) is 51.9 cm³/mol. The molecular weight excluding hydrogens is 210 g/mol. The maximum Gasteiger partial charge on any atom is 0.229 e. The van der Waals surface area contributed by atoms with Crippen molar-refractivity contribution in [2.75, 3.05) is 6.26 Å². The molecule has 0 spiro atoms. The van der Waals surface area contributed by atoms with Crippen LogP contribution in [0.15, 0.2) is 30.3 Å². The van der Waals surface area contributed by atoms with Crippen LogP contribution in [0.3, 0.4) is 0 Å². The minimum atomic E-state index is -3.19. The number of halogens is 1. The third-order valence-electron chi connectivity index (χ3n) is 0.903. The zero-order valence-corrected chi connectivity index (χ0v) is 8.51. The van der Waals surface area contributed by atoms with Gasteiger partial charge in [-0.15, -0.1) is 0 Å². The Bertz CT molecular complexity index is 372. The average molecular weight is 218 g/mol. The fraction of sp³-hybridized carbons (Fsp3) is 0.125. The molecule has 0 aliphatic heterocycles. The lowest BCUT2D eigenvalue weighted by atomic mass is 10.2. The van der Waals surface area contributed by atoms with Gasteiger partial charge in [-0.25, -0.2) is 8.42 Å². The van der Waals surface area contributed by atoms with Crippen LogP contribution in [0.25, 0.3) is 0 Å². The molecule has 70 valence electrons. The summed E-state index contributed by atoms with van der Waals surface area (Å²) in [4.78, 5) is 0. The number of nitriles is 1. The van der Waals surface area contributed by atoms with Crippen LogP contribution in [-0.4, -0.2) is 14.7 Å². The molecule has 0 saturated heterocycles. The van der Waals surface area contributed by atoms with Gasteiger partial charge >= 0.3 is 0 Å². The summed E-state index contributed by atoms with van der Waals surface area (Å²) in [6.07, 6.45) is 0.925.